The molecule has 6 nitrogen and oxygen atoms in total. The summed E-state index contributed by atoms with van der Waals surface area (Å²) in [5.41, 5.74) is -0.0258. The van der Waals surface area contributed by atoms with Crippen LogP contribution >= 0.6 is 0 Å². The molecule has 210 valence electrons. The minimum absolute atomic E-state index is 0. The third kappa shape index (κ3) is 31.6. The van der Waals surface area contributed by atoms with Crippen LogP contribution in [-0.2, 0) is 7.53 Å². The average molecular weight is 1180 g/mol. The summed E-state index contributed by atoms with van der Waals surface area (Å²) in [4.78, 5) is 0. The Kier molecular flexibility index (Phi) is 43.4. The van der Waals surface area contributed by atoms with Crippen LogP contribution in [0.25, 0.3) is 0 Å². The summed E-state index contributed by atoms with van der Waals surface area (Å²) in [6.45, 7) is 15.9. The van der Waals surface area contributed by atoms with Gasteiger partial charge in [0.2, 0.25) is 0 Å². The second-order valence-corrected chi connectivity index (χ2v) is 22.5. The molecule has 13 heteroatoms. The van der Waals surface area contributed by atoms with Crippen LogP contribution in [0.3, 0.4) is 0 Å². The first-order valence-electron chi connectivity index (χ1n) is 11.2. The van der Waals surface area contributed by atoms with Crippen molar-refractivity contribution in [3.8, 4) is 0 Å². The van der Waals surface area contributed by atoms with Gasteiger partial charge in [0.05, 0.1) is 0 Å². The molecule has 0 amide bonds. The Morgan fingerprint density at radius 1 is 0.543 bits per heavy atom. The molecule has 0 bridgehead atoms. The van der Waals surface area contributed by atoms with Crippen molar-refractivity contribution in [2.24, 2.45) is 17.8 Å². The van der Waals surface area contributed by atoms with Gasteiger partial charge >= 0.3 is 241 Å². The van der Waals surface area contributed by atoms with Crippen LogP contribution in [0.2, 0.25) is 11.5 Å². The van der Waals surface area contributed by atoms with Gasteiger partial charge in [0.1, 0.15) is 0 Å². The molecule has 0 heterocycles. The Morgan fingerprint density at radius 3 is 0.857 bits per heavy atom. The number of hydrogen-bond donors (Lipinski definition) is 0. The predicted octanol–water partition coefficient (Wildman–Crippen LogP) is 1.96. The summed E-state index contributed by atoms with van der Waals surface area (Å²) in [7, 11) is 17.0. The molecule has 35 heavy (non-hydrogen) atoms. The average Bonchev–Trinajstić information content (AvgIpc) is 2.58. The van der Waals surface area contributed by atoms with Crippen LogP contribution < -0.4 is 0 Å². The van der Waals surface area contributed by atoms with Crippen molar-refractivity contribution in [2.45, 2.75) is 71.2 Å². The first kappa shape index (κ1) is 52.5. The molecule has 0 aliphatic rings. The van der Waals surface area contributed by atoms with Crippen molar-refractivity contribution in [3.63, 3.8) is 0 Å². The summed E-state index contributed by atoms with van der Waals surface area (Å²) in [6.07, 6.45) is 0. The van der Waals surface area contributed by atoms with Crippen LogP contribution in [0.4, 0.5) is 0 Å². The van der Waals surface area contributed by atoms with E-state index in [-0.39, 0.29) is 158 Å². The van der Waals surface area contributed by atoms with Crippen LogP contribution in [0.5, 0.6) is 0 Å². The van der Waals surface area contributed by atoms with Crippen molar-refractivity contribution in [1.29, 1.82) is 0 Å². The van der Waals surface area contributed by atoms with Gasteiger partial charge in [0.15, 0.2) is 0 Å². The van der Waals surface area contributed by atoms with Gasteiger partial charge in [-0.25, -0.2) is 0 Å². The minimum Gasteiger partial charge on any atom is 0 e. The smallest absolute Gasteiger partial charge is 0 e. The monoisotopic (exact) mass is 1190 g/mol. The van der Waals surface area contributed by atoms with Gasteiger partial charge in [-0.15, -0.1) is 0 Å². The van der Waals surface area contributed by atoms with Gasteiger partial charge in [-0.3, -0.25) is 0 Å². The van der Waals surface area contributed by atoms with Crippen molar-refractivity contribution in [1.82, 2.24) is 12.2 Å². The van der Waals surface area contributed by atoms with E-state index in [4.69, 9.17) is 7.53 Å². The third-order valence-electron chi connectivity index (χ3n) is 5.22. The molecule has 0 aromatic heterocycles. The standard InChI is InChI=1S/C14H30Ge2O2.4C2H6N.2Sb.3Te/c1-10(11(2)13(4,5)17-15-8)12(3)14(6,7)18-16-9;4*1-3-2;;;;;/h10-12H,1-9H3;4*1-2H3;;;;;/q;4*-1;2*+2;;;. The van der Waals surface area contributed by atoms with Crippen LogP contribution in [0.15, 0.2) is 0 Å². The Morgan fingerprint density at radius 2 is 0.743 bits per heavy atom. The molecular weight excluding hydrogens is 1120 g/mol. The molecule has 0 rings (SSSR count). The Labute approximate surface area is 307 Å². The van der Waals surface area contributed by atoms with Gasteiger partial charge < -0.3 is 0 Å². The molecule has 0 N–H and O–H groups in total. The molecule has 0 aromatic carbocycles. The van der Waals surface area contributed by atoms with E-state index in [1.165, 1.54) is 0 Å². The van der Waals surface area contributed by atoms with E-state index in [2.05, 4.69) is 129 Å². The van der Waals surface area contributed by atoms with E-state index in [9.17, 15) is 0 Å². The maximum absolute atomic E-state index is 6.03. The van der Waals surface area contributed by atoms with Crippen molar-refractivity contribution >= 4 is 147 Å². The van der Waals surface area contributed by atoms with E-state index in [0.717, 1.165) is 0 Å². The molecule has 12 radical (unpaired) electrons. The molecule has 2 unspecified atom stereocenters. The normalized spacial score (nSPS) is 14.0. The maximum atomic E-state index is 6.03. The van der Waals surface area contributed by atoms with Crippen molar-refractivity contribution < 1.29 is 7.53 Å². The zero-order valence-electron chi connectivity index (χ0n) is 25.5. The van der Waals surface area contributed by atoms with E-state index in [1.54, 1.807) is 0 Å². The van der Waals surface area contributed by atoms with E-state index >= 15 is 0 Å². The van der Waals surface area contributed by atoms with Gasteiger partial charge in [0, 0.05) is 71.0 Å². The Balaban J connectivity index is -0.000000104. The summed E-state index contributed by atoms with van der Waals surface area (Å²) in [6, 6.07) is 0. The summed E-state index contributed by atoms with van der Waals surface area (Å²) in [5.74, 6) is 6.05. The molecule has 2 atom stereocenters. The second-order valence-electron chi connectivity index (χ2n) is 9.82. The molecular formula is C22H54Ge2N4O2Sb2Te3. The van der Waals surface area contributed by atoms with E-state index in [1.807, 2.05) is 0 Å². The van der Waals surface area contributed by atoms with Crippen LogP contribution in [0.1, 0.15) is 48.5 Å². The molecule has 0 saturated carbocycles. The fourth-order valence-corrected chi connectivity index (χ4v) is 10.2. The fraction of sp³-hybridized carbons (Fsp3) is 1.00. The fourth-order valence-electron chi connectivity index (χ4n) is 3.13. The SMILES string of the molecule is C[N](C)[Sb][N](C)C.C[N](C)[Sb][N](C)C.[CH3][Ge][O]C(C)(C)C(C)C(C)C(C)C(C)(C)[O][Ge][CH3].[Te].[Te].[Te]. The molecule has 0 aliphatic heterocycles. The molecule has 0 spiro atoms. The summed E-state index contributed by atoms with van der Waals surface area (Å²) < 4.78 is 21.2. The van der Waals surface area contributed by atoms with Crippen molar-refractivity contribution in [3.05, 3.63) is 0 Å². The molecule has 0 aromatic rings. The largest absolute Gasteiger partial charge is 0 e. The topological polar surface area (TPSA) is 31.4 Å². The molecule has 0 fully saturated rings. The third-order valence-corrected chi connectivity index (χ3v) is 12.4. The van der Waals surface area contributed by atoms with E-state index < -0.39 is 0 Å². The Bertz CT molecular complexity index is 409. The zero-order valence-corrected chi connectivity index (χ0v) is 41.7. The molecule has 0 aliphatic carbocycles. The minimum atomic E-state index is -0.245. The number of rotatable bonds is 12. The quantitative estimate of drug-likeness (QED) is 0.279. The Hall–Kier alpha value is 4.85. The predicted molar refractivity (Wildman–Crippen MR) is 165 cm³/mol. The van der Waals surface area contributed by atoms with Crippen LogP contribution in [0, 0.1) is 17.8 Å². The maximum Gasteiger partial charge on any atom is 0 e. The van der Waals surface area contributed by atoms with Gasteiger partial charge in [-0.2, -0.15) is 0 Å². The second kappa shape index (κ2) is 28.9. The van der Waals surface area contributed by atoms with Gasteiger partial charge in [-0.1, -0.05) is 0 Å². The van der Waals surface area contributed by atoms with Crippen LogP contribution in [-0.4, -0.2) is 227 Å². The zero-order chi connectivity index (χ0) is 26.3. The summed E-state index contributed by atoms with van der Waals surface area (Å²) in [5, 5.41) is 0. The number of nitrogens with zero attached hydrogens (tertiary/aromatic N) is 4. The number of hydrogen-bond acceptors (Lipinski definition) is 6. The first-order chi connectivity index (χ1) is 14.3. The summed E-state index contributed by atoms with van der Waals surface area (Å²) >= 11 is -0.767. The van der Waals surface area contributed by atoms with Gasteiger partial charge in [-0.05, 0) is 0 Å². The van der Waals surface area contributed by atoms with Gasteiger partial charge in [0.25, 0.3) is 0 Å². The molecule has 0 saturated heterocycles. The van der Waals surface area contributed by atoms with Crippen molar-refractivity contribution in [2.75, 3.05) is 56.4 Å². The van der Waals surface area contributed by atoms with E-state index in [0.29, 0.717) is 17.8 Å². The first-order valence-corrected chi connectivity index (χ1v) is 21.6.